The van der Waals surface area contributed by atoms with Gasteiger partial charge in [-0.25, -0.2) is 9.69 Å². The molecule has 1 heterocycles. The van der Waals surface area contributed by atoms with Gasteiger partial charge in [-0.3, -0.25) is 19.2 Å². The summed E-state index contributed by atoms with van der Waals surface area (Å²) in [4.78, 5) is 67.1. The Balaban J connectivity index is 2.34. The average molecular weight is 630 g/mol. The molecule has 250 valence electrons. The lowest BCUT2D eigenvalue weighted by Gasteiger charge is -2.33. The maximum absolute atomic E-state index is 13.8. The summed E-state index contributed by atoms with van der Waals surface area (Å²) in [6, 6.07) is 6.51. The fraction of sp³-hybridized carbons (Fsp3) is 0.629. The second-order valence-electron chi connectivity index (χ2n) is 12.6. The molecule has 0 saturated carbocycles. The maximum Gasteiger partial charge on any atom is 0.417 e. The number of hydrogen-bond donors (Lipinski definition) is 1. The first-order chi connectivity index (χ1) is 21.2. The molecule has 3 unspecified atom stereocenters. The molecule has 1 saturated heterocycles. The van der Waals surface area contributed by atoms with E-state index >= 15 is 0 Å². The third-order valence-corrected chi connectivity index (χ3v) is 7.98. The first-order valence-electron chi connectivity index (χ1n) is 16.0. The van der Waals surface area contributed by atoms with Crippen LogP contribution in [0.25, 0.3) is 5.57 Å². The molecule has 1 aliphatic heterocycles. The third kappa shape index (κ3) is 10.9. The number of aliphatic hydroxyl groups excluding tert-OH is 1. The summed E-state index contributed by atoms with van der Waals surface area (Å²) >= 11 is 0. The van der Waals surface area contributed by atoms with Gasteiger partial charge in [0.1, 0.15) is 5.60 Å². The van der Waals surface area contributed by atoms with E-state index in [1.807, 2.05) is 26.8 Å². The summed E-state index contributed by atoms with van der Waals surface area (Å²) in [6.07, 6.45) is 4.57. The number of allylic oxidation sites excluding steroid dienone is 1. The minimum Gasteiger partial charge on any atom is -0.451 e. The first kappa shape index (κ1) is 37.8. The van der Waals surface area contributed by atoms with E-state index in [0.717, 1.165) is 68.4 Å². The normalized spacial score (nSPS) is 17.6. The molecule has 2 rings (SSSR count). The number of ketones is 2. The predicted octanol–water partition coefficient (Wildman–Crippen LogP) is 5.75. The lowest BCUT2D eigenvalue weighted by molar-refractivity contribution is -0.166. The van der Waals surface area contributed by atoms with Gasteiger partial charge >= 0.3 is 12.1 Å². The molecule has 0 bridgehead atoms. The van der Waals surface area contributed by atoms with Crippen LogP contribution in [0.2, 0.25) is 0 Å². The quantitative estimate of drug-likeness (QED) is 0.115. The van der Waals surface area contributed by atoms with Crippen molar-refractivity contribution in [2.24, 2.45) is 5.92 Å². The summed E-state index contributed by atoms with van der Waals surface area (Å²) in [7, 11) is 1.19. The third-order valence-electron chi connectivity index (χ3n) is 7.98. The Kier molecular flexibility index (Phi) is 15.1. The average Bonchev–Trinajstić information content (AvgIpc) is 3.22. The molecule has 0 aliphatic carbocycles. The summed E-state index contributed by atoms with van der Waals surface area (Å²) in [6.45, 7) is 10.3. The molecule has 1 fully saturated rings. The standard InChI is InChI=1S/C35H51NO9/c1-23(2)32-35(5,6)45-34(42)36(32)33(41)31(43-7)30(44-25(4)38)29(40)22-27(26-18-16-17-24(3)21-26)28(39)19-14-12-10-8-9-11-13-15-20-37/h16-18,21-23,30-32,37H,8-15,19-20H2,1-7H3. The minimum atomic E-state index is -1.75. The van der Waals surface area contributed by atoms with Crippen LogP contribution in [-0.4, -0.2) is 77.1 Å². The highest BCUT2D eigenvalue weighted by Crippen LogP contribution is 2.35. The summed E-state index contributed by atoms with van der Waals surface area (Å²) in [5.74, 6) is -2.96. The van der Waals surface area contributed by atoms with Crippen LogP contribution in [0.5, 0.6) is 0 Å². The van der Waals surface area contributed by atoms with Crippen molar-refractivity contribution >= 4 is 35.1 Å². The first-order valence-corrected chi connectivity index (χ1v) is 16.0. The molecule has 10 nitrogen and oxygen atoms in total. The van der Waals surface area contributed by atoms with E-state index in [4.69, 9.17) is 19.3 Å². The van der Waals surface area contributed by atoms with Gasteiger partial charge in [-0.1, -0.05) is 82.2 Å². The molecule has 1 aromatic rings. The minimum absolute atomic E-state index is 0.147. The Hall–Kier alpha value is -3.37. The van der Waals surface area contributed by atoms with Crippen LogP contribution in [0.3, 0.4) is 0 Å². The highest BCUT2D eigenvalue weighted by atomic mass is 16.6. The number of imide groups is 1. The number of esters is 1. The van der Waals surface area contributed by atoms with Gasteiger partial charge in [-0.15, -0.1) is 0 Å². The van der Waals surface area contributed by atoms with Gasteiger partial charge in [0.2, 0.25) is 0 Å². The van der Waals surface area contributed by atoms with Crippen LogP contribution in [-0.2, 0) is 33.4 Å². The van der Waals surface area contributed by atoms with E-state index < -0.39 is 47.6 Å². The Labute approximate surface area is 267 Å². The second kappa shape index (κ2) is 17.9. The zero-order valence-electron chi connectivity index (χ0n) is 27.9. The molecular weight excluding hydrogens is 578 g/mol. The van der Waals surface area contributed by atoms with Gasteiger partial charge in [0.05, 0.1) is 6.04 Å². The van der Waals surface area contributed by atoms with Crippen LogP contribution in [0.1, 0.15) is 104 Å². The number of carbonyl (C=O) groups is 5. The topological polar surface area (TPSA) is 137 Å². The molecule has 1 N–H and O–H groups in total. The van der Waals surface area contributed by atoms with Gasteiger partial charge in [0.25, 0.3) is 5.91 Å². The number of ether oxygens (including phenoxy) is 3. The number of aliphatic hydroxyl groups is 1. The second-order valence-corrected chi connectivity index (χ2v) is 12.6. The lowest BCUT2D eigenvalue weighted by Crippen LogP contribution is -2.55. The molecule has 1 aromatic carbocycles. The number of Topliss-reactive ketones (excluding diaryl/α,β-unsaturated/α-hetero) is 1. The number of carbonyl (C=O) groups excluding carboxylic acids is 5. The van der Waals surface area contributed by atoms with E-state index in [1.165, 1.54) is 7.11 Å². The number of unbranched alkanes of at least 4 members (excludes halogenated alkanes) is 7. The Morgan fingerprint density at radius 2 is 1.60 bits per heavy atom. The predicted molar refractivity (Wildman–Crippen MR) is 170 cm³/mol. The molecule has 3 atom stereocenters. The number of cyclic esters (lactones) is 1. The number of methoxy groups -OCH3 is 1. The number of rotatable bonds is 19. The number of amides is 2. The Morgan fingerprint density at radius 3 is 2.13 bits per heavy atom. The summed E-state index contributed by atoms with van der Waals surface area (Å²) in [5.41, 5.74) is 0.569. The van der Waals surface area contributed by atoms with Crippen molar-refractivity contribution in [2.45, 2.75) is 123 Å². The van der Waals surface area contributed by atoms with Gasteiger partial charge in [-0.2, -0.15) is 0 Å². The van der Waals surface area contributed by atoms with E-state index in [9.17, 15) is 24.0 Å². The van der Waals surface area contributed by atoms with Gasteiger partial charge in [0.15, 0.2) is 23.8 Å². The smallest absolute Gasteiger partial charge is 0.417 e. The fourth-order valence-corrected chi connectivity index (χ4v) is 5.98. The Bertz CT molecular complexity index is 1220. The van der Waals surface area contributed by atoms with E-state index in [2.05, 4.69) is 0 Å². The molecule has 0 aromatic heterocycles. The molecule has 1 aliphatic rings. The van der Waals surface area contributed by atoms with Crippen LogP contribution in [0.15, 0.2) is 30.3 Å². The van der Waals surface area contributed by atoms with E-state index in [0.29, 0.717) is 12.0 Å². The highest BCUT2D eigenvalue weighted by Gasteiger charge is 2.54. The lowest BCUT2D eigenvalue weighted by atomic mass is 9.88. The van der Waals surface area contributed by atoms with Crippen molar-refractivity contribution < 1.29 is 43.3 Å². The Morgan fingerprint density at radius 1 is 1.00 bits per heavy atom. The van der Waals surface area contributed by atoms with Crippen molar-refractivity contribution in [2.75, 3.05) is 13.7 Å². The summed E-state index contributed by atoms with van der Waals surface area (Å²) in [5, 5.41) is 8.90. The maximum atomic E-state index is 13.8. The molecule has 0 spiro atoms. The largest absolute Gasteiger partial charge is 0.451 e. The SMILES string of the molecule is COC(C(=O)N1C(=O)OC(C)(C)C1C(C)C)C(OC(C)=O)C(=O)C=C(C(=O)CCCCCCCCCCO)c1cccc(C)c1. The van der Waals surface area contributed by atoms with Crippen LogP contribution in [0.4, 0.5) is 4.79 Å². The van der Waals surface area contributed by atoms with Gasteiger partial charge < -0.3 is 19.3 Å². The number of nitrogens with zero attached hydrogens (tertiary/aromatic N) is 1. The van der Waals surface area contributed by atoms with Crippen molar-refractivity contribution in [3.8, 4) is 0 Å². The number of aryl methyl sites for hydroxylation is 1. The monoisotopic (exact) mass is 629 g/mol. The molecule has 2 amide bonds. The molecule has 45 heavy (non-hydrogen) atoms. The van der Waals surface area contributed by atoms with Crippen LogP contribution in [0, 0.1) is 12.8 Å². The summed E-state index contributed by atoms with van der Waals surface area (Å²) < 4.78 is 16.2. The highest BCUT2D eigenvalue weighted by molar-refractivity contribution is 6.25. The van der Waals surface area contributed by atoms with E-state index in [1.54, 1.807) is 32.0 Å². The fourth-order valence-electron chi connectivity index (χ4n) is 5.98. The van der Waals surface area contributed by atoms with Crippen molar-refractivity contribution in [1.82, 2.24) is 4.90 Å². The van der Waals surface area contributed by atoms with Crippen LogP contribution >= 0.6 is 0 Å². The number of benzene rings is 1. The van der Waals surface area contributed by atoms with Crippen molar-refractivity contribution in [3.63, 3.8) is 0 Å². The number of hydrogen-bond acceptors (Lipinski definition) is 9. The zero-order valence-corrected chi connectivity index (χ0v) is 27.9. The van der Waals surface area contributed by atoms with Gasteiger partial charge in [0, 0.05) is 32.6 Å². The van der Waals surface area contributed by atoms with Crippen molar-refractivity contribution in [3.05, 3.63) is 41.5 Å². The zero-order chi connectivity index (χ0) is 33.7. The van der Waals surface area contributed by atoms with Gasteiger partial charge in [-0.05, 0) is 51.2 Å². The van der Waals surface area contributed by atoms with Crippen LogP contribution < -0.4 is 0 Å². The van der Waals surface area contributed by atoms with E-state index in [-0.39, 0.29) is 30.3 Å². The van der Waals surface area contributed by atoms with Crippen molar-refractivity contribution in [1.29, 1.82) is 0 Å². The molecule has 10 heteroatoms. The molecular formula is C35H51NO9. The molecule has 0 radical (unpaired) electrons.